The molecule has 8 nitrogen and oxygen atoms in total. The molecule has 2 aromatic heterocycles. The Bertz CT molecular complexity index is 1000. The number of fused-ring (bicyclic) bond motifs is 1. The molecule has 1 aliphatic heterocycles. The molecule has 1 aromatic carbocycles. The van der Waals surface area contributed by atoms with Crippen molar-refractivity contribution in [1.82, 2.24) is 29.7 Å². The average molecular weight is 570 g/mol. The number of piperazine rings is 1. The predicted octanol–water partition coefficient (Wildman–Crippen LogP) is 2.82. The van der Waals surface area contributed by atoms with Crippen LogP contribution in [-0.4, -0.2) is 83.3 Å². The molecule has 0 amide bonds. The highest BCUT2D eigenvalue weighted by Crippen LogP contribution is 2.15. The summed E-state index contributed by atoms with van der Waals surface area (Å²) in [6.07, 6.45) is 2.78. The van der Waals surface area contributed by atoms with Crippen molar-refractivity contribution in [1.29, 1.82) is 0 Å². The van der Waals surface area contributed by atoms with Crippen molar-refractivity contribution in [2.45, 2.75) is 6.42 Å². The van der Waals surface area contributed by atoms with Crippen LogP contribution in [0.1, 0.15) is 5.82 Å². The quantitative estimate of drug-likeness (QED) is 0.268. The molecule has 172 valence electrons. The van der Waals surface area contributed by atoms with E-state index in [2.05, 4.69) is 30.3 Å². The summed E-state index contributed by atoms with van der Waals surface area (Å²) in [4.78, 5) is 9.18. The van der Waals surface area contributed by atoms with Crippen LogP contribution in [0.25, 0.3) is 5.65 Å². The van der Waals surface area contributed by atoms with Gasteiger partial charge in [0.25, 0.3) is 0 Å². The SMILES string of the molecule is CN=C(NCCc1nnc2ccccn12)N1CCN(CCOc2ccc(Cl)cc2)CC1.I. The summed E-state index contributed by atoms with van der Waals surface area (Å²) in [7, 11) is 1.83. The van der Waals surface area contributed by atoms with Crippen LogP contribution in [0.2, 0.25) is 5.02 Å². The third-order valence-corrected chi connectivity index (χ3v) is 5.64. The van der Waals surface area contributed by atoms with E-state index in [9.17, 15) is 0 Å². The number of guanidine groups is 1. The molecule has 0 aliphatic carbocycles. The van der Waals surface area contributed by atoms with E-state index in [4.69, 9.17) is 16.3 Å². The van der Waals surface area contributed by atoms with Crippen molar-refractivity contribution in [3.63, 3.8) is 0 Å². The summed E-state index contributed by atoms with van der Waals surface area (Å²) in [5, 5.41) is 12.7. The minimum absolute atomic E-state index is 0. The first-order valence-electron chi connectivity index (χ1n) is 10.6. The van der Waals surface area contributed by atoms with Gasteiger partial charge in [-0.25, -0.2) is 0 Å². The monoisotopic (exact) mass is 569 g/mol. The van der Waals surface area contributed by atoms with Gasteiger partial charge in [-0.2, -0.15) is 0 Å². The minimum Gasteiger partial charge on any atom is -0.492 e. The van der Waals surface area contributed by atoms with Crippen LogP contribution in [0.4, 0.5) is 0 Å². The van der Waals surface area contributed by atoms with Gasteiger partial charge in [0.05, 0.1) is 0 Å². The Morgan fingerprint density at radius 3 is 2.62 bits per heavy atom. The number of aromatic nitrogens is 3. The maximum Gasteiger partial charge on any atom is 0.193 e. The summed E-state index contributed by atoms with van der Waals surface area (Å²) in [5.41, 5.74) is 0.873. The number of nitrogens with zero attached hydrogens (tertiary/aromatic N) is 6. The molecule has 4 rings (SSSR count). The first-order chi connectivity index (χ1) is 15.2. The third kappa shape index (κ3) is 6.46. The number of rotatable bonds is 7. The lowest BCUT2D eigenvalue weighted by Crippen LogP contribution is -2.53. The largest absolute Gasteiger partial charge is 0.492 e. The topological polar surface area (TPSA) is 70.3 Å². The standard InChI is InChI=1S/C22H28ClN7O.HI/c1-24-22(25-10-9-21-27-26-20-4-2-3-11-30(20)21)29-14-12-28(13-15-29)16-17-31-19-7-5-18(23)6-8-19;/h2-8,11H,9-10,12-17H2,1H3,(H,24,25);1H. The molecule has 0 atom stereocenters. The van der Waals surface area contributed by atoms with Crippen molar-refractivity contribution in [2.75, 3.05) is 52.9 Å². The molecule has 0 saturated carbocycles. The van der Waals surface area contributed by atoms with E-state index >= 15 is 0 Å². The number of hydrogen-bond acceptors (Lipinski definition) is 5. The van der Waals surface area contributed by atoms with E-state index in [1.54, 1.807) is 0 Å². The molecule has 0 spiro atoms. The second-order valence-electron chi connectivity index (χ2n) is 7.40. The molecule has 0 bridgehead atoms. The summed E-state index contributed by atoms with van der Waals surface area (Å²) in [6.45, 7) is 6.18. The molecule has 3 aromatic rings. The number of hydrogen-bond donors (Lipinski definition) is 1. The fourth-order valence-corrected chi connectivity index (χ4v) is 3.81. The Labute approximate surface area is 210 Å². The van der Waals surface area contributed by atoms with E-state index in [-0.39, 0.29) is 24.0 Å². The first kappa shape index (κ1) is 24.5. The molecule has 10 heteroatoms. The molecule has 0 radical (unpaired) electrons. The van der Waals surface area contributed by atoms with Crippen LogP contribution in [0, 0.1) is 0 Å². The van der Waals surface area contributed by atoms with Crippen LogP contribution < -0.4 is 10.1 Å². The van der Waals surface area contributed by atoms with Crippen LogP contribution in [0.5, 0.6) is 5.75 Å². The lowest BCUT2D eigenvalue weighted by Gasteiger charge is -2.36. The normalized spacial score (nSPS) is 14.9. The third-order valence-electron chi connectivity index (χ3n) is 5.39. The summed E-state index contributed by atoms with van der Waals surface area (Å²) < 4.78 is 7.84. The minimum atomic E-state index is 0. The molecule has 1 saturated heterocycles. The molecule has 0 unspecified atom stereocenters. The number of halogens is 2. The zero-order valence-electron chi connectivity index (χ0n) is 18.2. The number of benzene rings is 1. The molecule has 1 N–H and O–H groups in total. The Balaban J connectivity index is 0.00000289. The number of nitrogens with one attached hydrogen (secondary N) is 1. The van der Waals surface area contributed by atoms with Gasteiger partial charge in [0, 0.05) is 64.0 Å². The second-order valence-corrected chi connectivity index (χ2v) is 7.84. The molecule has 3 heterocycles. The first-order valence-corrected chi connectivity index (χ1v) is 11.0. The fourth-order valence-electron chi connectivity index (χ4n) is 3.69. The Morgan fingerprint density at radius 2 is 1.88 bits per heavy atom. The van der Waals surface area contributed by atoms with Crippen molar-refractivity contribution in [3.8, 4) is 5.75 Å². The molecule has 1 aliphatic rings. The van der Waals surface area contributed by atoms with E-state index in [0.29, 0.717) is 6.61 Å². The van der Waals surface area contributed by atoms with Gasteiger partial charge in [-0.1, -0.05) is 17.7 Å². The highest BCUT2D eigenvalue weighted by Gasteiger charge is 2.19. The van der Waals surface area contributed by atoms with Crippen molar-refractivity contribution in [3.05, 3.63) is 59.5 Å². The number of ether oxygens (including phenoxy) is 1. The summed E-state index contributed by atoms with van der Waals surface area (Å²) >= 11 is 5.91. The van der Waals surface area contributed by atoms with E-state index in [1.165, 1.54) is 0 Å². The lowest BCUT2D eigenvalue weighted by molar-refractivity contribution is 0.152. The van der Waals surface area contributed by atoms with E-state index < -0.39 is 0 Å². The van der Waals surface area contributed by atoms with Gasteiger partial charge in [0.2, 0.25) is 0 Å². The Hall–Kier alpha value is -2.11. The highest BCUT2D eigenvalue weighted by atomic mass is 127. The Morgan fingerprint density at radius 1 is 1.09 bits per heavy atom. The van der Waals surface area contributed by atoms with E-state index in [1.807, 2.05) is 60.1 Å². The van der Waals surface area contributed by atoms with Crippen LogP contribution in [0.15, 0.2) is 53.7 Å². The van der Waals surface area contributed by atoms with Crippen molar-refractivity contribution in [2.24, 2.45) is 4.99 Å². The van der Waals surface area contributed by atoms with Gasteiger partial charge in [0.1, 0.15) is 18.2 Å². The zero-order valence-corrected chi connectivity index (χ0v) is 21.2. The number of pyridine rings is 1. The maximum absolute atomic E-state index is 5.91. The van der Waals surface area contributed by atoms with Crippen LogP contribution >= 0.6 is 35.6 Å². The van der Waals surface area contributed by atoms with Crippen molar-refractivity contribution >= 4 is 47.2 Å². The van der Waals surface area contributed by atoms with Gasteiger partial charge in [-0.05, 0) is 36.4 Å². The molecule has 32 heavy (non-hydrogen) atoms. The van der Waals surface area contributed by atoms with Gasteiger partial charge in [0.15, 0.2) is 11.6 Å². The van der Waals surface area contributed by atoms with Crippen LogP contribution in [0.3, 0.4) is 0 Å². The Kier molecular flexibility index (Phi) is 9.36. The zero-order chi connectivity index (χ0) is 21.5. The molecular weight excluding hydrogens is 541 g/mol. The van der Waals surface area contributed by atoms with Crippen molar-refractivity contribution < 1.29 is 4.74 Å². The summed E-state index contributed by atoms with van der Waals surface area (Å²) in [6, 6.07) is 13.4. The van der Waals surface area contributed by atoms with Gasteiger partial charge < -0.3 is 15.0 Å². The fraction of sp³-hybridized carbons (Fsp3) is 0.409. The molecule has 1 fully saturated rings. The van der Waals surface area contributed by atoms with E-state index in [0.717, 1.165) is 73.9 Å². The maximum atomic E-state index is 5.91. The summed E-state index contributed by atoms with van der Waals surface area (Å²) in [5.74, 6) is 2.74. The predicted molar refractivity (Wildman–Crippen MR) is 138 cm³/mol. The average Bonchev–Trinajstić information content (AvgIpc) is 3.22. The smallest absolute Gasteiger partial charge is 0.193 e. The van der Waals surface area contributed by atoms with Gasteiger partial charge >= 0.3 is 0 Å². The highest BCUT2D eigenvalue weighted by molar-refractivity contribution is 14.0. The molecular formula is C22H29ClIN7O. The second kappa shape index (κ2) is 12.2. The van der Waals surface area contributed by atoms with Gasteiger partial charge in [-0.15, -0.1) is 34.2 Å². The van der Waals surface area contributed by atoms with Gasteiger partial charge in [-0.3, -0.25) is 14.3 Å². The van der Waals surface area contributed by atoms with Crippen LogP contribution in [-0.2, 0) is 6.42 Å². The lowest BCUT2D eigenvalue weighted by atomic mass is 10.3. The number of aliphatic imine (C=N–C) groups is 1.